The number of fused-ring (bicyclic) bond motifs is 1. The molecule has 3 aromatic rings. The number of piperidine rings is 1. The first-order chi connectivity index (χ1) is 14.7. The molecule has 1 N–H and O–H groups in total. The molecule has 6 heteroatoms. The van der Waals surface area contributed by atoms with Crippen LogP contribution in [0.3, 0.4) is 0 Å². The molecule has 30 heavy (non-hydrogen) atoms. The molecular weight excluding hydrogens is 394 g/mol. The van der Waals surface area contributed by atoms with Crippen LogP contribution in [0.5, 0.6) is 0 Å². The second-order valence-corrected chi connectivity index (χ2v) is 8.78. The number of rotatable bonds is 6. The second kappa shape index (κ2) is 9.76. The van der Waals surface area contributed by atoms with E-state index >= 15 is 0 Å². The predicted molar refractivity (Wildman–Crippen MR) is 120 cm³/mol. The monoisotopic (exact) mass is 419 g/mol. The van der Waals surface area contributed by atoms with Gasteiger partial charge in [-0.25, -0.2) is 4.98 Å². The molecule has 5 nitrogen and oxygen atoms in total. The molecule has 0 saturated carbocycles. The lowest BCUT2D eigenvalue weighted by molar-refractivity contribution is -0.133. The number of hydrogen-bond donors (Lipinski definition) is 1. The van der Waals surface area contributed by atoms with Crippen molar-refractivity contribution in [1.82, 2.24) is 15.2 Å². The number of amides is 2. The van der Waals surface area contributed by atoms with Gasteiger partial charge in [0, 0.05) is 24.5 Å². The summed E-state index contributed by atoms with van der Waals surface area (Å²) >= 11 is 1.78. The van der Waals surface area contributed by atoms with Crippen LogP contribution in [0.15, 0.2) is 71.9 Å². The summed E-state index contributed by atoms with van der Waals surface area (Å²) in [6.07, 6.45) is 3.97. The summed E-state index contributed by atoms with van der Waals surface area (Å²) in [5, 5.41) is 6.50. The minimum absolute atomic E-state index is 0.0115. The van der Waals surface area contributed by atoms with Gasteiger partial charge in [0.25, 0.3) is 0 Å². The molecule has 1 aliphatic rings. The SMILES string of the molecule is O=C(Cc1cccc2ccccc12)NCC(=O)N1CCC(Sc2ccccn2)CC1. The first kappa shape index (κ1) is 20.4. The van der Waals surface area contributed by atoms with Crippen molar-refractivity contribution in [1.29, 1.82) is 0 Å². The fraction of sp³-hybridized carbons (Fsp3) is 0.292. The molecule has 0 spiro atoms. The topological polar surface area (TPSA) is 62.3 Å². The molecule has 0 radical (unpaired) electrons. The van der Waals surface area contributed by atoms with Crippen LogP contribution in [-0.2, 0) is 16.0 Å². The number of benzene rings is 2. The maximum Gasteiger partial charge on any atom is 0.241 e. The lowest BCUT2D eigenvalue weighted by Crippen LogP contribution is -2.44. The lowest BCUT2D eigenvalue weighted by Gasteiger charge is -2.31. The zero-order valence-electron chi connectivity index (χ0n) is 16.8. The molecule has 154 valence electrons. The second-order valence-electron chi connectivity index (χ2n) is 7.46. The van der Waals surface area contributed by atoms with Gasteiger partial charge >= 0.3 is 0 Å². The maximum atomic E-state index is 12.5. The fourth-order valence-electron chi connectivity index (χ4n) is 3.78. The summed E-state index contributed by atoms with van der Waals surface area (Å²) in [6.45, 7) is 1.51. The Bertz CT molecular complexity index is 1010. The Morgan fingerprint density at radius 3 is 2.57 bits per heavy atom. The third-order valence-corrected chi connectivity index (χ3v) is 6.68. The van der Waals surface area contributed by atoms with E-state index in [2.05, 4.69) is 10.3 Å². The first-order valence-electron chi connectivity index (χ1n) is 10.3. The van der Waals surface area contributed by atoms with Gasteiger partial charge in [0.2, 0.25) is 11.8 Å². The molecule has 0 unspecified atom stereocenters. The number of pyridine rings is 1. The molecular formula is C24H25N3O2S. The molecule has 1 aromatic heterocycles. The third kappa shape index (κ3) is 5.19. The van der Waals surface area contributed by atoms with Gasteiger partial charge in [0.15, 0.2) is 0 Å². The summed E-state index contributed by atoms with van der Waals surface area (Å²) in [7, 11) is 0. The Morgan fingerprint density at radius 1 is 1.00 bits per heavy atom. The molecule has 0 atom stereocenters. The van der Waals surface area contributed by atoms with Crippen LogP contribution in [0, 0.1) is 0 Å². The number of aromatic nitrogens is 1. The van der Waals surface area contributed by atoms with E-state index < -0.39 is 0 Å². The van der Waals surface area contributed by atoms with Crippen molar-refractivity contribution in [3.8, 4) is 0 Å². The average Bonchev–Trinajstić information content (AvgIpc) is 2.79. The summed E-state index contributed by atoms with van der Waals surface area (Å²) in [5.41, 5.74) is 0.977. The normalized spacial score (nSPS) is 14.6. The molecule has 2 heterocycles. The van der Waals surface area contributed by atoms with Crippen molar-refractivity contribution < 1.29 is 9.59 Å². The van der Waals surface area contributed by atoms with E-state index in [1.807, 2.05) is 71.8 Å². The van der Waals surface area contributed by atoms with Crippen molar-refractivity contribution >= 4 is 34.3 Å². The number of nitrogens with one attached hydrogen (secondary N) is 1. The van der Waals surface area contributed by atoms with Gasteiger partial charge in [0.05, 0.1) is 18.0 Å². The lowest BCUT2D eigenvalue weighted by atomic mass is 10.0. The number of thioether (sulfide) groups is 1. The molecule has 2 aromatic carbocycles. The van der Waals surface area contributed by atoms with E-state index in [1.165, 1.54) is 0 Å². The van der Waals surface area contributed by atoms with E-state index in [0.29, 0.717) is 5.25 Å². The first-order valence-corrected chi connectivity index (χ1v) is 11.2. The van der Waals surface area contributed by atoms with Crippen LogP contribution >= 0.6 is 11.8 Å². The zero-order chi connectivity index (χ0) is 20.8. The number of carbonyl (C=O) groups is 2. The summed E-state index contributed by atoms with van der Waals surface area (Å²) < 4.78 is 0. The highest BCUT2D eigenvalue weighted by molar-refractivity contribution is 7.99. The van der Waals surface area contributed by atoms with Crippen molar-refractivity contribution in [2.75, 3.05) is 19.6 Å². The van der Waals surface area contributed by atoms with Gasteiger partial charge in [0.1, 0.15) is 0 Å². The van der Waals surface area contributed by atoms with Crippen LogP contribution in [0.2, 0.25) is 0 Å². The molecule has 0 aliphatic carbocycles. The molecule has 0 bridgehead atoms. The van der Waals surface area contributed by atoms with Gasteiger partial charge < -0.3 is 10.2 Å². The molecule has 1 saturated heterocycles. The number of carbonyl (C=O) groups excluding carboxylic acids is 2. The maximum absolute atomic E-state index is 12.5. The van der Waals surface area contributed by atoms with Crippen LogP contribution in [0.25, 0.3) is 10.8 Å². The Morgan fingerprint density at radius 2 is 1.77 bits per heavy atom. The number of hydrogen-bond acceptors (Lipinski definition) is 4. The van der Waals surface area contributed by atoms with Crippen molar-refractivity contribution in [2.45, 2.75) is 29.5 Å². The highest BCUT2D eigenvalue weighted by Gasteiger charge is 2.24. The Hall–Kier alpha value is -2.86. The minimum Gasteiger partial charge on any atom is -0.347 e. The van der Waals surface area contributed by atoms with E-state index in [9.17, 15) is 9.59 Å². The zero-order valence-corrected chi connectivity index (χ0v) is 17.6. The van der Waals surface area contributed by atoms with E-state index in [0.717, 1.165) is 47.3 Å². The highest BCUT2D eigenvalue weighted by Crippen LogP contribution is 2.28. The van der Waals surface area contributed by atoms with Gasteiger partial charge in [-0.1, -0.05) is 48.5 Å². The van der Waals surface area contributed by atoms with Crippen molar-refractivity contribution in [3.63, 3.8) is 0 Å². The average molecular weight is 420 g/mol. The van der Waals surface area contributed by atoms with Gasteiger partial charge in [-0.15, -0.1) is 11.8 Å². The quantitative estimate of drug-likeness (QED) is 0.662. The van der Waals surface area contributed by atoms with E-state index in [4.69, 9.17) is 0 Å². The van der Waals surface area contributed by atoms with E-state index in [-0.39, 0.29) is 24.8 Å². The van der Waals surface area contributed by atoms with Crippen LogP contribution < -0.4 is 5.32 Å². The molecule has 1 aliphatic heterocycles. The Balaban J connectivity index is 1.23. The fourth-order valence-corrected chi connectivity index (χ4v) is 4.85. The molecule has 1 fully saturated rings. The number of nitrogens with zero attached hydrogens (tertiary/aromatic N) is 2. The molecule has 4 rings (SSSR count). The highest BCUT2D eigenvalue weighted by atomic mass is 32.2. The Labute approximate surface area is 180 Å². The Kier molecular flexibility index (Phi) is 6.64. The van der Waals surface area contributed by atoms with Crippen molar-refractivity contribution in [3.05, 3.63) is 72.4 Å². The summed E-state index contributed by atoms with van der Waals surface area (Å²) in [5.74, 6) is -0.136. The van der Waals surface area contributed by atoms with E-state index in [1.54, 1.807) is 11.8 Å². The standard InChI is InChI=1S/C24H25N3O2S/c28-22(16-19-8-5-7-18-6-1-2-9-21(18)19)26-17-24(29)27-14-11-20(12-15-27)30-23-10-3-4-13-25-23/h1-10,13,20H,11-12,14-17H2,(H,26,28). The summed E-state index contributed by atoms with van der Waals surface area (Å²) in [6, 6.07) is 19.9. The summed E-state index contributed by atoms with van der Waals surface area (Å²) in [4.78, 5) is 31.1. The van der Waals surface area contributed by atoms with Crippen LogP contribution in [0.4, 0.5) is 0 Å². The predicted octanol–water partition coefficient (Wildman–Crippen LogP) is 3.68. The number of likely N-dealkylation sites (tertiary alicyclic amines) is 1. The van der Waals surface area contributed by atoms with Gasteiger partial charge in [-0.05, 0) is 41.3 Å². The van der Waals surface area contributed by atoms with Crippen LogP contribution in [0.1, 0.15) is 18.4 Å². The minimum atomic E-state index is -0.125. The van der Waals surface area contributed by atoms with Gasteiger partial charge in [-0.3, -0.25) is 9.59 Å². The largest absolute Gasteiger partial charge is 0.347 e. The van der Waals surface area contributed by atoms with Crippen LogP contribution in [-0.4, -0.2) is 46.6 Å². The van der Waals surface area contributed by atoms with Crippen molar-refractivity contribution in [2.24, 2.45) is 0 Å². The van der Waals surface area contributed by atoms with Gasteiger partial charge in [-0.2, -0.15) is 0 Å². The smallest absolute Gasteiger partial charge is 0.241 e. The third-order valence-electron chi connectivity index (χ3n) is 5.39. The molecule has 2 amide bonds.